The van der Waals surface area contributed by atoms with E-state index < -0.39 is 17.2 Å². The van der Waals surface area contributed by atoms with Gasteiger partial charge in [0.1, 0.15) is 23.9 Å². The Morgan fingerprint density at radius 3 is 2.75 bits per heavy atom. The van der Waals surface area contributed by atoms with Gasteiger partial charge < -0.3 is 19.3 Å². The van der Waals surface area contributed by atoms with E-state index in [0.29, 0.717) is 19.0 Å². The third-order valence-corrected chi connectivity index (χ3v) is 4.01. The van der Waals surface area contributed by atoms with Crippen LogP contribution in [-0.2, 0) is 19.0 Å². The van der Waals surface area contributed by atoms with E-state index in [4.69, 9.17) is 14.2 Å². The maximum absolute atomic E-state index is 11.6. The maximum atomic E-state index is 11.6. The van der Waals surface area contributed by atoms with E-state index >= 15 is 0 Å². The second-order valence-corrected chi connectivity index (χ2v) is 5.97. The second kappa shape index (κ2) is 5.22. The molecule has 20 heavy (non-hydrogen) atoms. The molecular formula is C15H22O5. The molecule has 0 amide bonds. The molecule has 1 fully saturated rings. The van der Waals surface area contributed by atoms with Gasteiger partial charge in [0.05, 0.1) is 6.61 Å². The molecule has 112 valence electrons. The molecule has 1 N–H and O–H groups in total. The number of ether oxygens (including phenoxy) is 3. The van der Waals surface area contributed by atoms with E-state index in [-0.39, 0.29) is 12.0 Å². The first-order valence-corrected chi connectivity index (χ1v) is 6.82. The number of allylic oxidation sites excluding steroid dienone is 3. The van der Waals surface area contributed by atoms with Gasteiger partial charge in [-0.3, -0.25) is 4.79 Å². The van der Waals surface area contributed by atoms with Gasteiger partial charge in [0.15, 0.2) is 5.79 Å². The van der Waals surface area contributed by atoms with Crippen LogP contribution in [0.5, 0.6) is 0 Å². The van der Waals surface area contributed by atoms with Crippen molar-refractivity contribution >= 4 is 5.97 Å². The molecule has 0 bridgehead atoms. The van der Waals surface area contributed by atoms with E-state index in [1.54, 1.807) is 13.0 Å². The summed E-state index contributed by atoms with van der Waals surface area (Å²) in [5.74, 6) is -1.15. The van der Waals surface area contributed by atoms with Crippen LogP contribution in [0.25, 0.3) is 0 Å². The van der Waals surface area contributed by atoms with Crippen molar-refractivity contribution in [2.24, 2.45) is 11.3 Å². The number of carboxylic acid groups (broad SMARTS) is 1. The molecule has 1 aliphatic carbocycles. The fourth-order valence-corrected chi connectivity index (χ4v) is 2.43. The van der Waals surface area contributed by atoms with E-state index in [1.165, 1.54) is 0 Å². The van der Waals surface area contributed by atoms with Gasteiger partial charge in [-0.25, -0.2) is 0 Å². The fourth-order valence-electron chi connectivity index (χ4n) is 2.43. The lowest BCUT2D eigenvalue weighted by atomic mass is 9.74. The summed E-state index contributed by atoms with van der Waals surface area (Å²) in [4.78, 5) is 11.6. The molecule has 0 aromatic heterocycles. The summed E-state index contributed by atoms with van der Waals surface area (Å²) in [6, 6.07) is 0. The third-order valence-electron chi connectivity index (χ3n) is 4.01. The van der Waals surface area contributed by atoms with Gasteiger partial charge in [-0.15, -0.1) is 0 Å². The molecule has 5 heteroatoms. The molecule has 0 saturated carbocycles. The number of hydrogen-bond donors (Lipinski definition) is 1. The topological polar surface area (TPSA) is 65.0 Å². The van der Waals surface area contributed by atoms with Crippen LogP contribution >= 0.6 is 0 Å². The summed E-state index contributed by atoms with van der Waals surface area (Å²) < 4.78 is 16.8. The van der Waals surface area contributed by atoms with Crippen LogP contribution in [0.3, 0.4) is 0 Å². The lowest BCUT2D eigenvalue weighted by molar-refractivity contribution is -0.153. The standard InChI is InChI=1S/C15H22O5/c1-10-6-5-7-12(15(10,4)13(16)17)18-8-11-9-19-14(2,3)20-11/h5-7,10-11H,8-9H2,1-4H3,(H,16,17)/t10?,11-,15?/m1/s1. The largest absolute Gasteiger partial charge is 0.494 e. The summed E-state index contributed by atoms with van der Waals surface area (Å²) >= 11 is 0. The molecule has 2 unspecified atom stereocenters. The summed E-state index contributed by atoms with van der Waals surface area (Å²) in [6.07, 6.45) is 5.25. The van der Waals surface area contributed by atoms with Crippen LogP contribution in [0, 0.1) is 11.3 Å². The Labute approximate surface area is 119 Å². The van der Waals surface area contributed by atoms with Crippen molar-refractivity contribution in [1.82, 2.24) is 0 Å². The highest BCUT2D eigenvalue weighted by atomic mass is 16.7. The van der Waals surface area contributed by atoms with Crippen LogP contribution in [0.15, 0.2) is 24.0 Å². The van der Waals surface area contributed by atoms with Crippen molar-refractivity contribution in [3.8, 4) is 0 Å². The average Bonchev–Trinajstić information content (AvgIpc) is 2.70. The van der Waals surface area contributed by atoms with Crippen LogP contribution < -0.4 is 0 Å². The first kappa shape index (κ1) is 15.1. The van der Waals surface area contributed by atoms with E-state index in [1.807, 2.05) is 32.9 Å². The summed E-state index contributed by atoms with van der Waals surface area (Å²) in [5.41, 5.74) is -1.04. The molecular weight excluding hydrogens is 260 g/mol. The summed E-state index contributed by atoms with van der Waals surface area (Å²) in [5, 5.41) is 9.50. The number of rotatable bonds is 4. The molecule has 2 rings (SSSR count). The highest BCUT2D eigenvalue weighted by molar-refractivity contribution is 5.79. The quantitative estimate of drug-likeness (QED) is 0.857. The van der Waals surface area contributed by atoms with Crippen LogP contribution in [-0.4, -0.2) is 36.2 Å². The lowest BCUT2D eigenvalue weighted by Crippen LogP contribution is -2.38. The molecule has 1 heterocycles. The molecule has 5 nitrogen and oxygen atoms in total. The monoisotopic (exact) mass is 282 g/mol. The number of hydrogen-bond acceptors (Lipinski definition) is 4. The van der Waals surface area contributed by atoms with E-state index in [9.17, 15) is 9.90 Å². The van der Waals surface area contributed by atoms with Gasteiger partial charge in [-0.2, -0.15) is 0 Å². The third kappa shape index (κ3) is 2.74. The minimum atomic E-state index is -1.04. The Bertz CT molecular complexity index is 451. The van der Waals surface area contributed by atoms with Gasteiger partial charge in [-0.1, -0.05) is 19.1 Å². The van der Waals surface area contributed by atoms with Crippen LogP contribution in [0.1, 0.15) is 27.7 Å². The highest BCUT2D eigenvalue weighted by Gasteiger charge is 2.45. The van der Waals surface area contributed by atoms with Crippen molar-refractivity contribution in [2.75, 3.05) is 13.2 Å². The van der Waals surface area contributed by atoms with Crippen molar-refractivity contribution in [1.29, 1.82) is 0 Å². The number of aliphatic carboxylic acids is 1. The predicted molar refractivity (Wildman–Crippen MR) is 73.0 cm³/mol. The molecule has 0 aromatic carbocycles. The Hall–Kier alpha value is -1.33. The second-order valence-electron chi connectivity index (χ2n) is 5.97. The van der Waals surface area contributed by atoms with Crippen molar-refractivity contribution in [3.63, 3.8) is 0 Å². The van der Waals surface area contributed by atoms with Gasteiger partial charge >= 0.3 is 5.97 Å². The van der Waals surface area contributed by atoms with Gasteiger partial charge in [0, 0.05) is 0 Å². The van der Waals surface area contributed by atoms with Crippen LogP contribution in [0.4, 0.5) is 0 Å². The Balaban J connectivity index is 2.03. The predicted octanol–water partition coefficient (Wildman–Crippen LogP) is 2.34. The zero-order valence-electron chi connectivity index (χ0n) is 12.4. The Kier molecular flexibility index (Phi) is 3.93. The summed E-state index contributed by atoms with van der Waals surface area (Å²) in [7, 11) is 0. The number of carboxylic acids is 1. The van der Waals surface area contributed by atoms with Crippen molar-refractivity contribution < 1.29 is 24.1 Å². The maximum Gasteiger partial charge on any atom is 0.317 e. The zero-order chi connectivity index (χ0) is 15.0. The molecule has 0 aromatic rings. The average molecular weight is 282 g/mol. The normalized spacial score (nSPS) is 35.7. The van der Waals surface area contributed by atoms with Gasteiger partial charge in [-0.05, 0) is 32.8 Å². The Morgan fingerprint density at radius 1 is 1.50 bits per heavy atom. The lowest BCUT2D eigenvalue weighted by Gasteiger charge is -2.34. The zero-order valence-corrected chi connectivity index (χ0v) is 12.4. The minimum absolute atomic E-state index is 0.128. The first-order valence-electron chi connectivity index (χ1n) is 6.82. The van der Waals surface area contributed by atoms with E-state index in [2.05, 4.69) is 0 Å². The molecule has 2 aliphatic rings. The molecule has 0 spiro atoms. The Morgan fingerprint density at radius 2 is 2.20 bits per heavy atom. The minimum Gasteiger partial charge on any atom is -0.494 e. The summed E-state index contributed by atoms with van der Waals surface area (Å²) in [6.45, 7) is 8.00. The smallest absolute Gasteiger partial charge is 0.317 e. The van der Waals surface area contributed by atoms with Gasteiger partial charge in [0.2, 0.25) is 0 Å². The SMILES string of the molecule is CC1C=CC=C(OC[C@@H]2COC(C)(C)O2)C1(C)C(=O)O. The highest BCUT2D eigenvalue weighted by Crippen LogP contribution is 2.40. The van der Waals surface area contributed by atoms with Gasteiger partial charge in [0.25, 0.3) is 0 Å². The van der Waals surface area contributed by atoms with Crippen molar-refractivity contribution in [2.45, 2.75) is 39.6 Å². The van der Waals surface area contributed by atoms with E-state index in [0.717, 1.165) is 0 Å². The molecule has 1 aliphatic heterocycles. The molecule has 0 radical (unpaired) electrons. The molecule has 1 saturated heterocycles. The van der Waals surface area contributed by atoms with Crippen LogP contribution in [0.2, 0.25) is 0 Å². The van der Waals surface area contributed by atoms with Crippen molar-refractivity contribution in [3.05, 3.63) is 24.0 Å². The number of carbonyl (C=O) groups is 1. The first-order chi connectivity index (χ1) is 9.25. The molecule has 3 atom stereocenters. The fraction of sp³-hybridized carbons (Fsp3) is 0.667.